The van der Waals surface area contributed by atoms with Crippen molar-refractivity contribution in [2.24, 2.45) is 0 Å². The van der Waals surface area contributed by atoms with E-state index in [-0.39, 0.29) is 0 Å². The van der Waals surface area contributed by atoms with E-state index in [1.807, 2.05) is 17.8 Å². The third-order valence-corrected chi connectivity index (χ3v) is 4.29. The summed E-state index contributed by atoms with van der Waals surface area (Å²) in [5.74, 6) is 4.78. The van der Waals surface area contributed by atoms with Crippen LogP contribution in [-0.2, 0) is 0 Å². The summed E-state index contributed by atoms with van der Waals surface area (Å²) in [6.07, 6.45) is 3.63. The molecule has 0 radical (unpaired) electrons. The maximum Gasteiger partial charge on any atom is 0.135 e. The Morgan fingerprint density at radius 3 is 2.88 bits per heavy atom. The van der Waals surface area contributed by atoms with Crippen molar-refractivity contribution in [1.82, 2.24) is 9.97 Å². The number of hydrogen-bond acceptors (Lipinski definition) is 4. The zero-order valence-corrected chi connectivity index (χ0v) is 10.5. The molecular weight excluding hydrogens is 242 g/mol. The fourth-order valence-electron chi connectivity index (χ4n) is 1.89. The minimum atomic E-state index is 0.544. The predicted octanol–water partition coefficient (Wildman–Crippen LogP) is 2.92. The van der Waals surface area contributed by atoms with E-state index in [9.17, 15) is 0 Å². The van der Waals surface area contributed by atoms with Crippen LogP contribution in [-0.4, -0.2) is 27.5 Å². The van der Waals surface area contributed by atoms with Gasteiger partial charge >= 0.3 is 0 Å². The van der Waals surface area contributed by atoms with Gasteiger partial charge in [-0.1, -0.05) is 11.6 Å². The number of aromatic nitrogens is 2. The molecule has 0 amide bonds. The van der Waals surface area contributed by atoms with Crippen molar-refractivity contribution in [2.45, 2.75) is 31.2 Å². The third-order valence-electron chi connectivity index (χ3n) is 2.94. The molecule has 5 heteroatoms. The summed E-state index contributed by atoms with van der Waals surface area (Å²) in [7, 11) is 0. The van der Waals surface area contributed by atoms with E-state index in [4.69, 9.17) is 11.6 Å². The van der Waals surface area contributed by atoms with Crippen LogP contribution in [0.5, 0.6) is 0 Å². The molecule has 2 fully saturated rings. The Hall–Kier alpha value is -0.480. The topological polar surface area (TPSA) is 37.8 Å². The Morgan fingerprint density at radius 1 is 1.31 bits per heavy atom. The second-order valence-electron chi connectivity index (χ2n) is 4.41. The predicted molar refractivity (Wildman–Crippen MR) is 68.4 cm³/mol. The zero-order chi connectivity index (χ0) is 11.0. The highest BCUT2D eigenvalue weighted by Gasteiger charge is 2.27. The molecule has 1 aliphatic carbocycles. The van der Waals surface area contributed by atoms with Crippen LogP contribution in [0.25, 0.3) is 0 Å². The molecule has 2 heterocycles. The minimum Gasteiger partial charge on any atom is -0.366 e. The monoisotopic (exact) mass is 255 g/mol. The van der Waals surface area contributed by atoms with Crippen LogP contribution in [0, 0.1) is 0 Å². The van der Waals surface area contributed by atoms with Gasteiger partial charge in [-0.25, -0.2) is 9.97 Å². The lowest BCUT2D eigenvalue weighted by atomic mass is 10.2. The lowest BCUT2D eigenvalue weighted by Gasteiger charge is -2.12. The average molecular weight is 256 g/mol. The summed E-state index contributed by atoms with van der Waals surface area (Å²) < 4.78 is 0. The number of hydrogen-bond donors (Lipinski definition) is 1. The quantitative estimate of drug-likeness (QED) is 0.843. The molecule has 1 aromatic heterocycles. The highest BCUT2D eigenvalue weighted by Crippen LogP contribution is 2.38. The molecule has 0 spiro atoms. The normalized spacial score (nSPS) is 24.7. The maximum atomic E-state index is 6.01. The first-order chi connectivity index (χ1) is 7.81. The van der Waals surface area contributed by atoms with E-state index >= 15 is 0 Å². The van der Waals surface area contributed by atoms with E-state index < -0.39 is 0 Å². The molecule has 0 bridgehead atoms. The Labute approximate surface area is 104 Å². The Morgan fingerprint density at radius 2 is 2.19 bits per heavy atom. The van der Waals surface area contributed by atoms with E-state index in [2.05, 4.69) is 15.3 Å². The standard InChI is InChI=1S/C11H14ClN3S/c12-9-5-10(13-8-3-4-16-6-8)15-11(14-9)7-1-2-7/h5,7-8H,1-4,6H2,(H,13,14,15). The molecule has 3 nitrogen and oxygen atoms in total. The molecule has 0 aromatic carbocycles. The Kier molecular flexibility index (Phi) is 2.94. The second-order valence-corrected chi connectivity index (χ2v) is 5.95. The summed E-state index contributed by atoms with van der Waals surface area (Å²) in [5, 5.41) is 4.01. The first-order valence-corrected chi connectivity index (χ1v) is 7.23. The van der Waals surface area contributed by atoms with Gasteiger partial charge in [0.05, 0.1) is 0 Å². The van der Waals surface area contributed by atoms with E-state index in [1.54, 1.807) is 0 Å². The van der Waals surface area contributed by atoms with Gasteiger partial charge in [0.1, 0.15) is 16.8 Å². The lowest BCUT2D eigenvalue weighted by Crippen LogP contribution is -2.19. The average Bonchev–Trinajstić information content (AvgIpc) is 2.98. The maximum absolute atomic E-state index is 6.01. The molecule has 1 aromatic rings. The second kappa shape index (κ2) is 4.41. The molecule has 1 N–H and O–H groups in total. The van der Waals surface area contributed by atoms with Crippen molar-refractivity contribution < 1.29 is 0 Å². The van der Waals surface area contributed by atoms with Crippen LogP contribution in [0.2, 0.25) is 5.15 Å². The molecule has 3 rings (SSSR count). The van der Waals surface area contributed by atoms with Crippen molar-refractivity contribution in [3.8, 4) is 0 Å². The van der Waals surface area contributed by atoms with E-state index in [0.29, 0.717) is 17.1 Å². The summed E-state index contributed by atoms with van der Waals surface area (Å²) >= 11 is 8.00. The lowest BCUT2D eigenvalue weighted by molar-refractivity contribution is 0.799. The molecule has 2 aliphatic rings. The molecule has 1 saturated heterocycles. The highest BCUT2D eigenvalue weighted by molar-refractivity contribution is 7.99. The molecule has 1 unspecified atom stereocenters. The first kappa shape index (κ1) is 10.7. The fraction of sp³-hybridized carbons (Fsp3) is 0.636. The Balaban J connectivity index is 1.76. The summed E-state index contributed by atoms with van der Waals surface area (Å²) in [6, 6.07) is 2.37. The van der Waals surface area contributed by atoms with E-state index in [0.717, 1.165) is 11.6 Å². The van der Waals surface area contributed by atoms with Gasteiger partial charge in [0, 0.05) is 23.8 Å². The van der Waals surface area contributed by atoms with Crippen LogP contribution < -0.4 is 5.32 Å². The third kappa shape index (κ3) is 2.43. The van der Waals surface area contributed by atoms with Gasteiger partial charge in [-0.15, -0.1) is 0 Å². The van der Waals surface area contributed by atoms with Gasteiger partial charge in [-0.2, -0.15) is 11.8 Å². The van der Waals surface area contributed by atoms with Crippen molar-refractivity contribution in [3.05, 3.63) is 17.0 Å². The van der Waals surface area contributed by atoms with Crippen molar-refractivity contribution in [2.75, 3.05) is 16.8 Å². The van der Waals surface area contributed by atoms with Crippen LogP contribution in [0.15, 0.2) is 6.07 Å². The van der Waals surface area contributed by atoms with Gasteiger partial charge in [0.25, 0.3) is 0 Å². The van der Waals surface area contributed by atoms with Gasteiger partial charge in [-0.05, 0) is 25.0 Å². The number of rotatable bonds is 3. The van der Waals surface area contributed by atoms with Crippen LogP contribution in [0.4, 0.5) is 5.82 Å². The zero-order valence-electron chi connectivity index (χ0n) is 8.95. The SMILES string of the molecule is Clc1cc(NC2CCSC2)nc(C2CC2)n1. The number of thioether (sulfide) groups is 1. The number of anilines is 1. The largest absolute Gasteiger partial charge is 0.366 e. The summed E-state index contributed by atoms with van der Waals surface area (Å²) in [5.41, 5.74) is 0. The number of halogens is 1. The van der Waals surface area contributed by atoms with Gasteiger partial charge in [-0.3, -0.25) is 0 Å². The Bertz CT molecular complexity index is 389. The van der Waals surface area contributed by atoms with E-state index in [1.165, 1.54) is 30.8 Å². The summed E-state index contributed by atoms with van der Waals surface area (Å²) in [4.78, 5) is 8.82. The fourth-order valence-corrected chi connectivity index (χ4v) is 3.23. The number of nitrogens with one attached hydrogen (secondary N) is 1. The van der Waals surface area contributed by atoms with Crippen LogP contribution >= 0.6 is 23.4 Å². The molecule has 16 heavy (non-hydrogen) atoms. The first-order valence-electron chi connectivity index (χ1n) is 5.70. The van der Waals surface area contributed by atoms with Crippen molar-refractivity contribution in [3.63, 3.8) is 0 Å². The van der Waals surface area contributed by atoms with Gasteiger partial charge < -0.3 is 5.32 Å². The van der Waals surface area contributed by atoms with Crippen LogP contribution in [0.1, 0.15) is 31.0 Å². The molecule has 1 aliphatic heterocycles. The van der Waals surface area contributed by atoms with Crippen LogP contribution in [0.3, 0.4) is 0 Å². The molecular formula is C11H14ClN3S. The smallest absolute Gasteiger partial charge is 0.135 e. The molecule has 1 saturated carbocycles. The minimum absolute atomic E-state index is 0.544. The molecule has 1 atom stereocenters. The van der Waals surface area contributed by atoms with Gasteiger partial charge in [0.15, 0.2) is 0 Å². The summed E-state index contributed by atoms with van der Waals surface area (Å²) in [6.45, 7) is 0. The van der Waals surface area contributed by atoms with Crippen molar-refractivity contribution in [1.29, 1.82) is 0 Å². The number of nitrogens with zero attached hydrogens (tertiary/aromatic N) is 2. The highest BCUT2D eigenvalue weighted by atomic mass is 35.5. The van der Waals surface area contributed by atoms with Crippen molar-refractivity contribution >= 4 is 29.2 Å². The molecule has 86 valence electrons. The van der Waals surface area contributed by atoms with Gasteiger partial charge in [0.2, 0.25) is 0 Å².